The lowest BCUT2D eigenvalue weighted by molar-refractivity contribution is 0.102. The molecule has 2 aromatic carbocycles. The average molecular weight is 593 g/mol. The number of pyridine rings is 1. The van der Waals surface area contributed by atoms with E-state index in [2.05, 4.69) is 45.7 Å². The fourth-order valence-corrected chi connectivity index (χ4v) is 5.49. The summed E-state index contributed by atoms with van der Waals surface area (Å²) in [6.07, 6.45) is 3.21. The molecule has 0 unspecified atom stereocenters. The fraction of sp³-hybridized carbons (Fsp3) is 0.286. The lowest BCUT2D eigenvalue weighted by Crippen LogP contribution is -2.37. The second-order valence-electron chi connectivity index (χ2n) is 10.5. The highest BCUT2D eigenvalue weighted by Crippen LogP contribution is 2.36. The zero-order valence-corrected chi connectivity index (χ0v) is 25.2. The van der Waals surface area contributed by atoms with Gasteiger partial charge in [0.25, 0.3) is 11.1 Å². The number of hydrazine groups is 1. The van der Waals surface area contributed by atoms with Crippen LogP contribution >= 0.6 is 11.3 Å². The van der Waals surface area contributed by atoms with Gasteiger partial charge in [-0.05, 0) is 35.6 Å². The molecular formula is C28H32N6O5SSi. The summed E-state index contributed by atoms with van der Waals surface area (Å²) in [4.78, 5) is 23.0. The number of benzene rings is 2. The van der Waals surface area contributed by atoms with Crippen LogP contribution in [-0.4, -0.2) is 49.6 Å². The molecule has 0 fully saturated rings. The molecule has 0 saturated heterocycles. The van der Waals surface area contributed by atoms with Gasteiger partial charge in [-0.25, -0.2) is 5.01 Å². The van der Waals surface area contributed by atoms with Crippen molar-refractivity contribution in [2.45, 2.75) is 32.3 Å². The zero-order chi connectivity index (χ0) is 28.8. The van der Waals surface area contributed by atoms with Crippen LogP contribution in [0.2, 0.25) is 25.7 Å². The second kappa shape index (κ2) is 12.6. The number of hydrogen-bond acceptors (Lipinski definition) is 11. The van der Waals surface area contributed by atoms with Gasteiger partial charge in [-0.2, -0.15) is 0 Å². The molecule has 0 spiro atoms. The number of ether oxygens (including phenoxy) is 3. The first-order chi connectivity index (χ1) is 19.8. The van der Waals surface area contributed by atoms with E-state index in [9.17, 15) is 4.79 Å². The number of methoxy groups -OCH3 is 1. The highest BCUT2D eigenvalue weighted by atomic mass is 32.1. The van der Waals surface area contributed by atoms with Gasteiger partial charge in [0.2, 0.25) is 5.13 Å². The predicted octanol–water partition coefficient (Wildman–Crippen LogP) is 5.37. The van der Waals surface area contributed by atoms with Crippen molar-refractivity contribution in [1.82, 2.24) is 20.8 Å². The van der Waals surface area contributed by atoms with Gasteiger partial charge in [-0.1, -0.05) is 60.7 Å². The van der Waals surface area contributed by atoms with Crippen molar-refractivity contribution < 1.29 is 23.8 Å². The van der Waals surface area contributed by atoms with Crippen molar-refractivity contribution in [1.29, 1.82) is 0 Å². The molecule has 2 N–H and O–H groups in total. The van der Waals surface area contributed by atoms with E-state index in [0.717, 1.165) is 34.2 Å². The maximum Gasteiger partial charge on any atom is 0.296 e. The van der Waals surface area contributed by atoms with Crippen LogP contribution in [0.25, 0.3) is 11.1 Å². The lowest BCUT2D eigenvalue weighted by atomic mass is 10.0. The van der Waals surface area contributed by atoms with E-state index in [1.54, 1.807) is 25.6 Å². The first kappa shape index (κ1) is 28.5. The van der Waals surface area contributed by atoms with Gasteiger partial charge in [0.1, 0.15) is 24.8 Å². The van der Waals surface area contributed by atoms with Crippen LogP contribution in [0.5, 0.6) is 16.7 Å². The highest BCUT2D eigenvalue weighted by Gasteiger charge is 2.25. The Balaban J connectivity index is 1.23. The third kappa shape index (κ3) is 7.00. The number of nitrogens with one attached hydrogen (secondary N) is 2. The Morgan fingerprint density at radius 1 is 1.10 bits per heavy atom. The van der Waals surface area contributed by atoms with Gasteiger partial charge in [0, 0.05) is 43.8 Å². The van der Waals surface area contributed by atoms with E-state index in [4.69, 9.17) is 19.0 Å². The van der Waals surface area contributed by atoms with Crippen molar-refractivity contribution in [2.24, 2.45) is 0 Å². The molecule has 0 bridgehead atoms. The van der Waals surface area contributed by atoms with Gasteiger partial charge >= 0.3 is 0 Å². The zero-order valence-electron chi connectivity index (χ0n) is 23.3. The molecule has 0 saturated carbocycles. The van der Waals surface area contributed by atoms with Crippen LogP contribution < -0.4 is 30.2 Å². The molecule has 5 rings (SSSR count). The van der Waals surface area contributed by atoms with Crippen LogP contribution in [0, 0.1) is 0 Å². The van der Waals surface area contributed by atoms with Crippen molar-refractivity contribution in [2.75, 3.05) is 30.8 Å². The Morgan fingerprint density at radius 2 is 1.95 bits per heavy atom. The molecule has 1 amide bonds. The third-order valence-electron chi connectivity index (χ3n) is 6.28. The van der Waals surface area contributed by atoms with E-state index in [-0.39, 0.29) is 12.5 Å². The number of amides is 1. The lowest BCUT2D eigenvalue weighted by Gasteiger charge is -2.20. The Labute approximate surface area is 243 Å². The number of fused-ring (bicyclic) bond motifs is 1. The molecule has 4 aromatic rings. The molecule has 3 heterocycles. The number of carbonyl (C=O) groups is 1. The molecule has 13 heteroatoms. The normalized spacial score (nSPS) is 12.5. The summed E-state index contributed by atoms with van der Waals surface area (Å²) >= 11 is 1.14. The number of nitrogens with zero attached hydrogens (tertiary/aromatic N) is 4. The summed E-state index contributed by atoms with van der Waals surface area (Å²) in [5.74, 6) is 0.990. The smallest absolute Gasteiger partial charge is 0.296 e. The molecular weight excluding hydrogens is 560 g/mol. The molecule has 0 aliphatic carbocycles. The fourth-order valence-electron chi connectivity index (χ4n) is 4.14. The van der Waals surface area contributed by atoms with Crippen LogP contribution in [0.1, 0.15) is 15.9 Å². The molecule has 1 aliphatic rings. The van der Waals surface area contributed by atoms with Crippen LogP contribution in [0.4, 0.5) is 10.8 Å². The molecule has 11 nitrogen and oxygen atoms in total. The summed E-state index contributed by atoms with van der Waals surface area (Å²) in [7, 11) is 0.411. The monoisotopic (exact) mass is 592 g/mol. The van der Waals surface area contributed by atoms with E-state index in [0.29, 0.717) is 46.3 Å². The van der Waals surface area contributed by atoms with E-state index in [1.165, 1.54) is 0 Å². The van der Waals surface area contributed by atoms with E-state index >= 15 is 0 Å². The number of para-hydroxylation sites is 2. The highest BCUT2D eigenvalue weighted by molar-refractivity contribution is 7.17. The molecule has 1 aliphatic heterocycles. The standard InChI is InChI=1S/C28H32N6O5SSi/c1-36-23-10-6-5-9-20(23)22-16-29-13-12-21(22)26(35)30-27-31-32-28(40-27)38-17-19-8-7-11-24-25(19)34(33-39-24)18-37-14-15-41(2,3)4/h5-13,16,33H,14-15,17-18H2,1-4H3,(H,30,31,35). The summed E-state index contributed by atoms with van der Waals surface area (Å²) < 4.78 is 17.3. The molecule has 0 radical (unpaired) electrons. The Bertz CT molecular complexity index is 1510. The summed E-state index contributed by atoms with van der Waals surface area (Å²) in [6, 6.07) is 15.9. The van der Waals surface area contributed by atoms with Crippen molar-refractivity contribution in [3.63, 3.8) is 0 Å². The van der Waals surface area contributed by atoms with Gasteiger partial charge in [-0.3, -0.25) is 15.1 Å². The maximum absolute atomic E-state index is 13.2. The Kier molecular flexibility index (Phi) is 8.78. The van der Waals surface area contributed by atoms with Crippen molar-refractivity contribution >= 4 is 36.1 Å². The maximum atomic E-state index is 13.2. The largest absolute Gasteiger partial charge is 0.496 e. The Hall–Kier alpha value is -4.04. The van der Waals surface area contributed by atoms with Gasteiger partial charge in [0.15, 0.2) is 5.75 Å². The topological polar surface area (TPSA) is 120 Å². The molecule has 0 atom stereocenters. The minimum atomic E-state index is -1.18. The van der Waals surface area contributed by atoms with Crippen LogP contribution in [0.15, 0.2) is 60.9 Å². The van der Waals surface area contributed by atoms with E-state index < -0.39 is 8.07 Å². The van der Waals surface area contributed by atoms with Gasteiger partial charge in [-0.15, -0.1) is 5.10 Å². The first-order valence-electron chi connectivity index (χ1n) is 13.1. The number of hydrogen-bond donors (Lipinski definition) is 2. The second-order valence-corrected chi connectivity index (χ2v) is 17.0. The molecule has 41 heavy (non-hydrogen) atoms. The number of anilines is 2. The van der Waals surface area contributed by atoms with Gasteiger partial charge in [0.05, 0.1) is 12.7 Å². The van der Waals surface area contributed by atoms with Crippen LogP contribution in [0.3, 0.4) is 0 Å². The minimum absolute atomic E-state index is 0.227. The van der Waals surface area contributed by atoms with Gasteiger partial charge < -0.3 is 19.0 Å². The average Bonchev–Trinajstić information content (AvgIpc) is 3.60. The summed E-state index contributed by atoms with van der Waals surface area (Å²) in [6.45, 7) is 8.23. The third-order valence-corrected chi connectivity index (χ3v) is 8.73. The van der Waals surface area contributed by atoms with Crippen LogP contribution in [-0.2, 0) is 11.3 Å². The summed E-state index contributed by atoms with van der Waals surface area (Å²) in [5.41, 5.74) is 6.48. The van der Waals surface area contributed by atoms with Crippen molar-refractivity contribution in [3.05, 3.63) is 72.1 Å². The Morgan fingerprint density at radius 3 is 2.78 bits per heavy atom. The number of rotatable bonds is 12. The minimum Gasteiger partial charge on any atom is -0.496 e. The van der Waals surface area contributed by atoms with Crippen molar-refractivity contribution in [3.8, 4) is 27.8 Å². The number of aromatic nitrogens is 3. The first-order valence-corrected chi connectivity index (χ1v) is 17.6. The predicted molar refractivity (Wildman–Crippen MR) is 160 cm³/mol. The molecule has 2 aromatic heterocycles. The van der Waals surface area contributed by atoms with E-state index in [1.807, 2.05) is 47.5 Å². The quantitative estimate of drug-likeness (QED) is 0.164. The number of carbonyl (C=O) groups excluding carboxylic acids is 1. The SMILES string of the molecule is COc1ccccc1-c1cnccc1C(=O)Nc1nnc(OCc2cccc3c2N(COCC[Si](C)(C)C)NO3)s1. The molecule has 214 valence electrons. The summed E-state index contributed by atoms with van der Waals surface area (Å²) in [5, 5.41) is 13.5.